The van der Waals surface area contributed by atoms with Crippen LogP contribution in [0.4, 0.5) is 11.4 Å². The van der Waals surface area contributed by atoms with Gasteiger partial charge in [0.15, 0.2) is 0 Å². The van der Waals surface area contributed by atoms with Gasteiger partial charge in [0.2, 0.25) is 0 Å². The smallest absolute Gasteiger partial charge is 0.266 e. The molecule has 1 amide bonds. The zero-order valence-electron chi connectivity index (χ0n) is 15.5. The molecule has 1 saturated heterocycles. The first-order valence-electron chi connectivity index (χ1n) is 9.23. The number of benzene rings is 1. The van der Waals surface area contributed by atoms with E-state index in [0.717, 1.165) is 18.8 Å². The van der Waals surface area contributed by atoms with E-state index in [-0.39, 0.29) is 11.5 Å². The maximum absolute atomic E-state index is 12.8. The second kappa shape index (κ2) is 7.15. The number of anilines is 2. The van der Waals surface area contributed by atoms with Gasteiger partial charge < -0.3 is 10.2 Å². The van der Waals surface area contributed by atoms with Crippen molar-refractivity contribution in [2.24, 2.45) is 0 Å². The third-order valence-electron chi connectivity index (χ3n) is 5.06. The fourth-order valence-corrected chi connectivity index (χ4v) is 4.55. The zero-order valence-corrected chi connectivity index (χ0v) is 16.3. The lowest BCUT2D eigenvalue weighted by Gasteiger charge is -2.17. The number of amides is 1. The summed E-state index contributed by atoms with van der Waals surface area (Å²) in [5.74, 6) is -0.202. The highest BCUT2D eigenvalue weighted by Gasteiger charge is 2.19. The van der Waals surface area contributed by atoms with E-state index in [2.05, 4.69) is 15.2 Å². The number of carbonyl (C=O) groups excluding carboxylic acids is 1. The summed E-state index contributed by atoms with van der Waals surface area (Å²) in [5, 5.41) is 3.48. The highest BCUT2D eigenvalue weighted by molar-refractivity contribution is 7.20. The number of hydrogen-bond acceptors (Lipinski definition) is 5. The number of hydrogen-bond donors (Lipinski definition) is 1. The monoisotopic (exact) mass is 382 g/mol. The van der Waals surface area contributed by atoms with Gasteiger partial charge in [0.1, 0.15) is 4.83 Å². The molecular formula is C20H22N4O2S. The van der Waals surface area contributed by atoms with E-state index in [1.54, 1.807) is 10.9 Å². The molecule has 0 spiro atoms. The average Bonchev–Trinajstić information content (AvgIpc) is 3.31. The van der Waals surface area contributed by atoms with Gasteiger partial charge in [-0.15, -0.1) is 11.3 Å². The Balaban J connectivity index is 1.58. The van der Waals surface area contributed by atoms with Crippen molar-refractivity contribution in [2.45, 2.75) is 33.2 Å². The summed E-state index contributed by atoms with van der Waals surface area (Å²) in [5.41, 5.74) is 2.54. The van der Waals surface area contributed by atoms with Crippen LogP contribution in [-0.4, -0.2) is 28.5 Å². The largest absolute Gasteiger partial charge is 0.372 e. The Morgan fingerprint density at radius 2 is 1.93 bits per heavy atom. The van der Waals surface area contributed by atoms with Gasteiger partial charge in [-0.05, 0) is 56.5 Å². The van der Waals surface area contributed by atoms with Gasteiger partial charge in [-0.3, -0.25) is 14.2 Å². The number of nitrogens with one attached hydrogen (secondary N) is 1. The molecule has 1 fully saturated rings. The van der Waals surface area contributed by atoms with E-state index >= 15 is 0 Å². The van der Waals surface area contributed by atoms with Gasteiger partial charge in [0, 0.05) is 31.0 Å². The second-order valence-electron chi connectivity index (χ2n) is 6.77. The molecule has 7 heteroatoms. The molecule has 0 radical (unpaired) electrons. The van der Waals surface area contributed by atoms with Crippen LogP contribution in [0.25, 0.3) is 10.2 Å². The van der Waals surface area contributed by atoms with E-state index in [0.29, 0.717) is 27.2 Å². The molecule has 0 atom stereocenters. The molecule has 0 aliphatic carbocycles. The van der Waals surface area contributed by atoms with Crippen molar-refractivity contribution < 1.29 is 4.79 Å². The van der Waals surface area contributed by atoms with Crippen molar-refractivity contribution in [3.05, 3.63) is 51.4 Å². The van der Waals surface area contributed by atoms with Crippen LogP contribution in [-0.2, 0) is 6.54 Å². The Morgan fingerprint density at radius 3 is 2.59 bits per heavy atom. The van der Waals surface area contributed by atoms with Crippen molar-refractivity contribution in [1.29, 1.82) is 0 Å². The molecule has 3 heterocycles. The van der Waals surface area contributed by atoms with Crippen molar-refractivity contribution in [3.8, 4) is 0 Å². The zero-order chi connectivity index (χ0) is 19.0. The lowest BCUT2D eigenvalue weighted by Crippen LogP contribution is -2.19. The van der Waals surface area contributed by atoms with Gasteiger partial charge in [-0.25, -0.2) is 4.98 Å². The molecule has 1 N–H and O–H groups in total. The summed E-state index contributed by atoms with van der Waals surface area (Å²) in [6, 6.07) is 7.94. The molecule has 1 aromatic carbocycles. The van der Waals surface area contributed by atoms with E-state index < -0.39 is 0 Å². The summed E-state index contributed by atoms with van der Waals surface area (Å²) in [6.45, 7) is 6.45. The van der Waals surface area contributed by atoms with Crippen molar-refractivity contribution in [1.82, 2.24) is 9.55 Å². The average molecular weight is 382 g/mol. The normalized spacial score (nSPS) is 14.1. The van der Waals surface area contributed by atoms with Crippen LogP contribution < -0.4 is 15.8 Å². The molecule has 140 valence electrons. The molecule has 4 rings (SSSR count). The third kappa shape index (κ3) is 3.23. The lowest BCUT2D eigenvalue weighted by atomic mass is 10.2. The summed E-state index contributed by atoms with van der Waals surface area (Å²) < 4.78 is 1.56. The predicted molar refractivity (Wildman–Crippen MR) is 110 cm³/mol. The van der Waals surface area contributed by atoms with Crippen LogP contribution in [0.5, 0.6) is 0 Å². The predicted octanol–water partition coefficient (Wildman–Crippen LogP) is 3.64. The Bertz CT molecular complexity index is 1050. The molecule has 1 aliphatic heterocycles. The van der Waals surface area contributed by atoms with E-state index in [1.165, 1.54) is 29.9 Å². The molecule has 2 aromatic heterocycles. The molecule has 27 heavy (non-hydrogen) atoms. The first-order valence-corrected chi connectivity index (χ1v) is 10.0. The SMILES string of the molecule is CCn1cnc2sc(C(=O)Nc3ccc(N4CCCC4)cc3)c(C)c2c1=O. The minimum Gasteiger partial charge on any atom is -0.372 e. The van der Waals surface area contributed by atoms with Crippen LogP contribution in [0.15, 0.2) is 35.4 Å². The maximum Gasteiger partial charge on any atom is 0.266 e. The lowest BCUT2D eigenvalue weighted by molar-refractivity contribution is 0.103. The van der Waals surface area contributed by atoms with Crippen molar-refractivity contribution >= 4 is 38.8 Å². The van der Waals surface area contributed by atoms with Crippen LogP contribution in [0.2, 0.25) is 0 Å². The fourth-order valence-electron chi connectivity index (χ4n) is 3.52. The number of aryl methyl sites for hydroxylation is 2. The van der Waals surface area contributed by atoms with Crippen molar-refractivity contribution in [2.75, 3.05) is 23.3 Å². The van der Waals surface area contributed by atoms with Crippen molar-refractivity contribution in [3.63, 3.8) is 0 Å². The summed E-state index contributed by atoms with van der Waals surface area (Å²) in [7, 11) is 0. The topological polar surface area (TPSA) is 67.2 Å². The van der Waals surface area contributed by atoms with E-state index in [4.69, 9.17) is 0 Å². The minimum atomic E-state index is -0.202. The van der Waals surface area contributed by atoms with Gasteiger partial charge >= 0.3 is 0 Å². The first-order chi connectivity index (χ1) is 13.1. The Morgan fingerprint density at radius 1 is 1.22 bits per heavy atom. The van der Waals surface area contributed by atoms with Gasteiger partial charge in [-0.2, -0.15) is 0 Å². The maximum atomic E-state index is 12.8. The molecule has 3 aromatic rings. The van der Waals surface area contributed by atoms with Crippen LogP contribution in [0, 0.1) is 6.92 Å². The van der Waals surface area contributed by atoms with Crippen LogP contribution in [0.3, 0.4) is 0 Å². The summed E-state index contributed by atoms with van der Waals surface area (Å²) in [4.78, 5) is 33.1. The highest BCUT2D eigenvalue weighted by atomic mass is 32.1. The number of rotatable bonds is 4. The Hall–Kier alpha value is -2.67. The summed E-state index contributed by atoms with van der Waals surface area (Å²) in [6.07, 6.45) is 4.01. The van der Waals surface area contributed by atoms with Crippen LogP contribution >= 0.6 is 11.3 Å². The Kier molecular flexibility index (Phi) is 4.70. The highest BCUT2D eigenvalue weighted by Crippen LogP contribution is 2.28. The van der Waals surface area contributed by atoms with Gasteiger partial charge in [0.25, 0.3) is 11.5 Å². The molecular weight excluding hydrogens is 360 g/mol. The minimum absolute atomic E-state index is 0.0923. The van der Waals surface area contributed by atoms with Crippen LogP contribution in [0.1, 0.15) is 35.0 Å². The first kappa shape index (κ1) is 17.7. The number of carbonyl (C=O) groups is 1. The summed E-state index contributed by atoms with van der Waals surface area (Å²) >= 11 is 1.26. The van der Waals surface area contributed by atoms with E-state index in [9.17, 15) is 9.59 Å². The van der Waals surface area contributed by atoms with Gasteiger partial charge in [0.05, 0.1) is 16.6 Å². The third-order valence-corrected chi connectivity index (χ3v) is 6.26. The number of fused-ring (bicyclic) bond motifs is 1. The molecule has 0 saturated carbocycles. The molecule has 0 unspecified atom stereocenters. The standard InChI is InChI=1S/C20H22N4O2S/c1-3-23-12-21-19-16(20(23)26)13(2)17(27-19)18(25)22-14-6-8-15(9-7-14)24-10-4-5-11-24/h6-9,12H,3-5,10-11H2,1-2H3,(H,22,25). The fraction of sp³-hybridized carbons (Fsp3) is 0.350. The second-order valence-corrected chi connectivity index (χ2v) is 7.77. The Labute approximate surface area is 161 Å². The number of aromatic nitrogens is 2. The van der Waals surface area contributed by atoms with E-state index in [1.807, 2.05) is 38.1 Å². The molecule has 0 bridgehead atoms. The molecule has 6 nitrogen and oxygen atoms in total. The van der Waals surface area contributed by atoms with Gasteiger partial charge in [-0.1, -0.05) is 0 Å². The number of nitrogens with zero attached hydrogens (tertiary/aromatic N) is 3. The quantitative estimate of drug-likeness (QED) is 0.748. The number of thiophene rings is 1. The molecule has 1 aliphatic rings.